The van der Waals surface area contributed by atoms with Crippen molar-refractivity contribution >= 4 is 11.9 Å². The third kappa shape index (κ3) is 2.72. The summed E-state index contributed by atoms with van der Waals surface area (Å²) in [5, 5.41) is 8.91. The normalized spacial score (nSPS) is 14.7. The molecule has 5 nitrogen and oxygen atoms in total. The SMILES string of the molecule is CCN(CC1CC1)c1ncc(C(=O)O)c(C)n1. The third-order valence-corrected chi connectivity index (χ3v) is 3.04. The van der Waals surface area contributed by atoms with E-state index in [1.54, 1.807) is 6.92 Å². The molecular weight excluding hydrogens is 218 g/mol. The van der Waals surface area contributed by atoms with E-state index in [1.165, 1.54) is 19.0 Å². The molecule has 1 fully saturated rings. The standard InChI is InChI=1S/C12H17N3O2/c1-3-15(7-9-4-5-9)12-13-6-10(11(16)17)8(2)14-12/h6,9H,3-5,7H2,1-2H3,(H,16,17). The molecule has 0 saturated heterocycles. The second kappa shape index (κ2) is 4.69. The minimum Gasteiger partial charge on any atom is -0.478 e. The molecule has 1 saturated carbocycles. The molecule has 0 aliphatic heterocycles. The highest BCUT2D eigenvalue weighted by Crippen LogP contribution is 2.30. The highest BCUT2D eigenvalue weighted by Gasteiger charge is 2.25. The number of aromatic carboxylic acids is 1. The first kappa shape index (κ1) is 11.8. The van der Waals surface area contributed by atoms with Gasteiger partial charge in [0.2, 0.25) is 5.95 Å². The Bertz CT molecular complexity index is 430. The van der Waals surface area contributed by atoms with Crippen LogP contribution in [0.1, 0.15) is 35.8 Å². The van der Waals surface area contributed by atoms with Gasteiger partial charge in [-0.3, -0.25) is 0 Å². The van der Waals surface area contributed by atoms with Crippen molar-refractivity contribution in [2.24, 2.45) is 5.92 Å². The molecule has 1 aromatic heterocycles. The number of aromatic nitrogens is 2. The van der Waals surface area contributed by atoms with E-state index in [1.807, 2.05) is 0 Å². The largest absolute Gasteiger partial charge is 0.478 e. The van der Waals surface area contributed by atoms with Crippen LogP contribution >= 0.6 is 0 Å². The van der Waals surface area contributed by atoms with Crippen molar-refractivity contribution in [3.63, 3.8) is 0 Å². The molecular formula is C12H17N3O2. The molecule has 0 aromatic carbocycles. The first-order valence-electron chi connectivity index (χ1n) is 5.93. The monoisotopic (exact) mass is 235 g/mol. The molecule has 0 bridgehead atoms. The lowest BCUT2D eigenvalue weighted by Crippen LogP contribution is -2.27. The quantitative estimate of drug-likeness (QED) is 0.841. The summed E-state index contributed by atoms with van der Waals surface area (Å²) in [6, 6.07) is 0. The minimum absolute atomic E-state index is 0.177. The zero-order valence-electron chi connectivity index (χ0n) is 10.2. The molecule has 92 valence electrons. The number of hydrogen-bond donors (Lipinski definition) is 1. The van der Waals surface area contributed by atoms with Gasteiger partial charge in [-0.2, -0.15) is 0 Å². The van der Waals surface area contributed by atoms with Crippen LogP contribution in [0.15, 0.2) is 6.20 Å². The number of anilines is 1. The van der Waals surface area contributed by atoms with Crippen molar-refractivity contribution in [2.45, 2.75) is 26.7 Å². The number of carboxylic acid groups (broad SMARTS) is 1. The number of rotatable bonds is 5. The van der Waals surface area contributed by atoms with Crippen molar-refractivity contribution < 1.29 is 9.90 Å². The number of carboxylic acids is 1. The summed E-state index contributed by atoms with van der Waals surface area (Å²) in [4.78, 5) is 21.4. The molecule has 17 heavy (non-hydrogen) atoms. The summed E-state index contributed by atoms with van der Waals surface area (Å²) < 4.78 is 0. The Morgan fingerprint density at radius 2 is 2.29 bits per heavy atom. The van der Waals surface area contributed by atoms with Crippen LogP contribution in [-0.2, 0) is 0 Å². The number of carbonyl (C=O) groups is 1. The summed E-state index contributed by atoms with van der Waals surface area (Å²) in [5.41, 5.74) is 0.702. The van der Waals surface area contributed by atoms with Gasteiger partial charge in [0, 0.05) is 19.3 Å². The Labute approximate surface area is 100 Å². The molecule has 0 atom stereocenters. The molecule has 2 rings (SSSR count). The van der Waals surface area contributed by atoms with E-state index < -0.39 is 5.97 Å². The van der Waals surface area contributed by atoms with Crippen LogP contribution < -0.4 is 4.90 Å². The molecule has 1 aromatic rings. The van der Waals surface area contributed by atoms with Gasteiger partial charge in [0.05, 0.1) is 11.3 Å². The Morgan fingerprint density at radius 3 is 2.76 bits per heavy atom. The van der Waals surface area contributed by atoms with Crippen molar-refractivity contribution in [1.29, 1.82) is 0 Å². The highest BCUT2D eigenvalue weighted by molar-refractivity contribution is 5.88. The fourth-order valence-corrected chi connectivity index (χ4v) is 1.78. The number of hydrogen-bond acceptors (Lipinski definition) is 4. The summed E-state index contributed by atoms with van der Waals surface area (Å²) in [6.45, 7) is 5.59. The van der Waals surface area contributed by atoms with Crippen molar-refractivity contribution in [2.75, 3.05) is 18.0 Å². The summed E-state index contributed by atoms with van der Waals surface area (Å²) in [5.74, 6) is 0.430. The van der Waals surface area contributed by atoms with Gasteiger partial charge in [-0.1, -0.05) is 0 Å². The van der Waals surface area contributed by atoms with Gasteiger partial charge >= 0.3 is 5.97 Å². The van der Waals surface area contributed by atoms with Gasteiger partial charge in [0.15, 0.2) is 0 Å². The van der Waals surface area contributed by atoms with Gasteiger partial charge in [0.1, 0.15) is 0 Å². The van der Waals surface area contributed by atoms with Crippen LogP contribution in [-0.4, -0.2) is 34.1 Å². The Hall–Kier alpha value is -1.65. The van der Waals surface area contributed by atoms with E-state index in [2.05, 4.69) is 21.8 Å². The predicted molar refractivity (Wildman–Crippen MR) is 64.3 cm³/mol. The fourth-order valence-electron chi connectivity index (χ4n) is 1.78. The van der Waals surface area contributed by atoms with Crippen molar-refractivity contribution in [3.05, 3.63) is 17.5 Å². The highest BCUT2D eigenvalue weighted by atomic mass is 16.4. The summed E-state index contributed by atoms with van der Waals surface area (Å²) >= 11 is 0. The van der Waals surface area contributed by atoms with Gasteiger partial charge in [-0.25, -0.2) is 14.8 Å². The van der Waals surface area contributed by atoms with E-state index in [4.69, 9.17) is 5.11 Å². The first-order valence-corrected chi connectivity index (χ1v) is 5.93. The Balaban J connectivity index is 2.19. The second-order valence-corrected chi connectivity index (χ2v) is 4.46. The Morgan fingerprint density at radius 1 is 1.59 bits per heavy atom. The van der Waals surface area contributed by atoms with Gasteiger partial charge in [0.25, 0.3) is 0 Å². The smallest absolute Gasteiger partial charge is 0.339 e. The molecule has 0 amide bonds. The van der Waals surface area contributed by atoms with Crippen molar-refractivity contribution in [1.82, 2.24) is 9.97 Å². The Kier molecular flexibility index (Phi) is 3.26. The van der Waals surface area contributed by atoms with Gasteiger partial charge in [-0.15, -0.1) is 0 Å². The third-order valence-electron chi connectivity index (χ3n) is 3.04. The van der Waals surface area contributed by atoms with E-state index in [-0.39, 0.29) is 5.56 Å². The summed E-state index contributed by atoms with van der Waals surface area (Å²) in [7, 11) is 0. The molecule has 0 spiro atoms. The van der Waals surface area contributed by atoms with Crippen LogP contribution in [0.2, 0.25) is 0 Å². The molecule has 1 aliphatic rings. The average Bonchev–Trinajstić information content (AvgIpc) is 3.09. The lowest BCUT2D eigenvalue weighted by molar-refractivity contribution is 0.0695. The zero-order valence-corrected chi connectivity index (χ0v) is 10.2. The maximum atomic E-state index is 10.9. The average molecular weight is 235 g/mol. The molecule has 1 heterocycles. The van der Waals surface area contributed by atoms with Crippen LogP contribution in [0.4, 0.5) is 5.95 Å². The molecule has 1 aliphatic carbocycles. The molecule has 5 heteroatoms. The predicted octanol–water partition coefficient (Wildman–Crippen LogP) is 1.72. The lowest BCUT2D eigenvalue weighted by atomic mass is 10.2. The number of nitrogens with zero attached hydrogens (tertiary/aromatic N) is 3. The lowest BCUT2D eigenvalue weighted by Gasteiger charge is -2.20. The van der Waals surface area contributed by atoms with Gasteiger partial charge in [-0.05, 0) is 32.6 Å². The zero-order chi connectivity index (χ0) is 12.4. The number of aryl methyl sites for hydroxylation is 1. The summed E-state index contributed by atoms with van der Waals surface area (Å²) in [6.07, 6.45) is 3.96. The van der Waals surface area contributed by atoms with Crippen LogP contribution in [0.25, 0.3) is 0 Å². The topological polar surface area (TPSA) is 66.3 Å². The van der Waals surface area contributed by atoms with E-state index in [9.17, 15) is 4.79 Å². The minimum atomic E-state index is -0.973. The maximum absolute atomic E-state index is 10.9. The first-order chi connectivity index (χ1) is 8.11. The van der Waals surface area contributed by atoms with Crippen LogP contribution in [0.5, 0.6) is 0 Å². The van der Waals surface area contributed by atoms with E-state index >= 15 is 0 Å². The molecule has 1 N–H and O–H groups in total. The van der Waals surface area contributed by atoms with Gasteiger partial charge < -0.3 is 10.0 Å². The van der Waals surface area contributed by atoms with Crippen molar-refractivity contribution in [3.8, 4) is 0 Å². The molecule has 0 radical (unpaired) electrons. The van der Waals surface area contributed by atoms with E-state index in [0.717, 1.165) is 19.0 Å². The fraction of sp³-hybridized carbons (Fsp3) is 0.583. The second-order valence-electron chi connectivity index (χ2n) is 4.46. The maximum Gasteiger partial charge on any atom is 0.339 e. The molecule has 0 unspecified atom stereocenters. The van der Waals surface area contributed by atoms with E-state index in [0.29, 0.717) is 11.6 Å². The van der Waals surface area contributed by atoms with Crippen LogP contribution in [0, 0.1) is 12.8 Å². The van der Waals surface area contributed by atoms with Crippen LogP contribution in [0.3, 0.4) is 0 Å².